The molecule has 3 aromatic rings. The number of benzene rings is 2. The number of anilines is 2. The molecule has 0 spiro atoms. The lowest BCUT2D eigenvalue weighted by atomic mass is 10.2. The van der Waals surface area contributed by atoms with Crippen molar-refractivity contribution >= 4 is 29.3 Å². The van der Waals surface area contributed by atoms with Crippen molar-refractivity contribution in [2.45, 2.75) is 25.9 Å². The maximum atomic E-state index is 12.9. The number of rotatable bonds is 10. The second-order valence-electron chi connectivity index (χ2n) is 7.91. The zero-order valence-corrected chi connectivity index (χ0v) is 21.1. The molecule has 4 rings (SSSR count). The number of amides is 1. The molecule has 0 radical (unpaired) electrons. The van der Waals surface area contributed by atoms with Gasteiger partial charge in [-0.25, -0.2) is 0 Å². The number of hydrogen-bond acceptors (Lipinski definition) is 8. The zero-order valence-electron chi connectivity index (χ0n) is 20.3. The first kappa shape index (κ1) is 24.9. The van der Waals surface area contributed by atoms with Crippen molar-refractivity contribution in [1.29, 1.82) is 0 Å². The number of aromatic nitrogens is 3. The molecule has 1 aliphatic heterocycles. The van der Waals surface area contributed by atoms with E-state index in [4.69, 9.17) is 14.2 Å². The first-order chi connectivity index (χ1) is 17.1. The second kappa shape index (κ2) is 11.9. The van der Waals surface area contributed by atoms with Crippen molar-refractivity contribution in [2.24, 2.45) is 0 Å². The second-order valence-corrected chi connectivity index (χ2v) is 8.86. The fraction of sp³-hybridized carbons (Fsp3) is 0.400. The molecule has 35 heavy (non-hydrogen) atoms. The van der Waals surface area contributed by atoms with E-state index < -0.39 is 0 Å². The van der Waals surface area contributed by atoms with Crippen LogP contribution in [-0.2, 0) is 9.53 Å². The van der Waals surface area contributed by atoms with E-state index in [0.29, 0.717) is 48.8 Å². The van der Waals surface area contributed by atoms with Gasteiger partial charge in [0.15, 0.2) is 5.16 Å². The Morgan fingerprint density at radius 1 is 1.06 bits per heavy atom. The topological polar surface area (TPSA) is 90.7 Å². The fourth-order valence-corrected chi connectivity index (χ4v) is 4.45. The molecular formula is C25H31N5O4S. The van der Waals surface area contributed by atoms with Gasteiger partial charge in [0.25, 0.3) is 0 Å². The van der Waals surface area contributed by atoms with Gasteiger partial charge in [0.2, 0.25) is 11.9 Å². The zero-order chi connectivity index (χ0) is 24.6. The van der Waals surface area contributed by atoms with Crippen molar-refractivity contribution in [3.05, 3.63) is 48.0 Å². The van der Waals surface area contributed by atoms with Crippen LogP contribution >= 0.6 is 11.8 Å². The number of carbonyl (C=O) groups is 1. The van der Waals surface area contributed by atoms with E-state index >= 15 is 0 Å². The van der Waals surface area contributed by atoms with Gasteiger partial charge in [0, 0.05) is 19.2 Å². The highest BCUT2D eigenvalue weighted by Crippen LogP contribution is 2.31. The van der Waals surface area contributed by atoms with Gasteiger partial charge in [-0.2, -0.15) is 0 Å². The maximum Gasteiger partial charge on any atom is 0.234 e. The predicted molar refractivity (Wildman–Crippen MR) is 137 cm³/mol. The molecular weight excluding hydrogens is 466 g/mol. The van der Waals surface area contributed by atoms with Crippen LogP contribution in [0.1, 0.15) is 19.4 Å². The minimum absolute atomic E-state index is 0.164. The van der Waals surface area contributed by atoms with Crippen molar-refractivity contribution < 1.29 is 19.0 Å². The summed E-state index contributed by atoms with van der Waals surface area (Å²) in [7, 11) is 0. The van der Waals surface area contributed by atoms with Crippen LogP contribution in [0.15, 0.2) is 47.6 Å². The molecule has 1 amide bonds. The van der Waals surface area contributed by atoms with Crippen LogP contribution in [0, 0.1) is 6.92 Å². The monoisotopic (exact) mass is 497 g/mol. The van der Waals surface area contributed by atoms with Crippen LogP contribution in [0.3, 0.4) is 0 Å². The molecule has 1 saturated heterocycles. The normalized spacial score (nSPS) is 13.5. The number of nitrogens with one attached hydrogen (secondary N) is 1. The summed E-state index contributed by atoms with van der Waals surface area (Å²) in [5.74, 6) is 2.02. The van der Waals surface area contributed by atoms with E-state index in [-0.39, 0.29) is 11.7 Å². The Bertz CT molecular complexity index is 1130. The van der Waals surface area contributed by atoms with Crippen LogP contribution in [0.4, 0.5) is 11.6 Å². The summed E-state index contributed by atoms with van der Waals surface area (Å²) in [6.45, 7) is 9.69. The van der Waals surface area contributed by atoms with E-state index in [1.54, 1.807) is 12.1 Å². The average molecular weight is 498 g/mol. The number of thioether (sulfide) groups is 1. The number of hydrogen-bond donors (Lipinski definition) is 1. The molecule has 1 fully saturated rings. The summed E-state index contributed by atoms with van der Waals surface area (Å²) in [5, 5.41) is 12.5. The SMILES string of the molecule is CCOc1ccc(OCC)c(NC(=O)CSc2nnc(N3CCOCC3)n2-c2ccc(C)cc2)c1. The third-order valence-electron chi connectivity index (χ3n) is 5.37. The van der Waals surface area contributed by atoms with Crippen molar-refractivity contribution in [3.8, 4) is 17.2 Å². The van der Waals surface area contributed by atoms with Crippen LogP contribution in [-0.4, -0.2) is 65.9 Å². The molecule has 1 N–H and O–H groups in total. The molecule has 9 nitrogen and oxygen atoms in total. The molecule has 10 heteroatoms. The molecule has 0 unspecified atom stereocenters. The number of aryl methyl sites for hydroxylation is 1. The molecule has 1 aliphatic rings. The Hall–Kier alpha value is -3.24. The molecule has 2 aromatic carbocycles. The molecule has 0 bridgehead atoms. The van der Waals surface area contributed by atoms with Gasteiger partial charge in [0.05, 0.1) is 43.6 Å². The van der Waals surface area contributed by atoms with Gasteiger partial charge < -0.3 is 24.4 Å². The summed E-state index contributed by atoms with van der Waals surface area (Å²) in [5.41, 5.74) is 2.70. The number of nitrogens with zero attached hydrogens (tertiary/aromatic N) is 4. The first-order valence-electron chi connectivity index (χ1n) is 11.8. The highest BCUT2D eigenvalue weighted by atomic mass is 32.2. The average Bonchev–Trinajstić information content (AvgIpc) is 3.30. The van der Waals surface area contributed by atoms with Gasteiger partial charge in [-0.3, -0.25) is 9.36 Å². The van der Waals surface area contributed by atoms with Crippen LogP contribution in [0.25, 0.3) is 5.69 Å². The minimum Gasteiger partial charge on any atom is -0.494 e. The lowest BCUT2D eigenvalue weighted by Crippen LogP contribution is -2.37. The quantitative estimate of drug-likeness (QED) is 0.421. The Morgan fingerprint density at radius 2 is 1.80 bits per heavy atom. The summed E-state index contributed by atoms with van der Waals surface area (Å²) in [4.78, 5) is 15.1. The molecule has 0 saturated carbocycles. The smallest absolute Gasteiger partial charge is 0.234 e. The van der Waals surface area contributed by atoms with Crippen LogP contribution < -0.4 is 19.7 Å². The largest absolute Gasteiger partial charge is 0.494 e. The molecule has 2 heterocycles. The maximum absolute atomic E-state index is 12.9. The third kappa shape index (κ3) is 6.26. The van der Waals surface area contributed by atoms with E-state index in [9.17, 15) is 4.79 Å². The Morgan fingerprint density at radius 3 is 2.51 bits per heavy atom. The number of ether oxygens (including phenoxy) is 3. The summed E-state index contributed by atoms with van der Waals surface area (Å²) in [6, 6.07) is 13.6. The van der Waals surface area contributed by atoms with Crippen molar-refractivity contribution in [3.63, 3.8) is 0 Å². The Kier molecular flexibility index (Phi) is 8.49. The molecule has 186 valence electrons. The van der Waals surface area contributed by atoms with E-state index in [2.05, 4.69) is 39.5 Å². The Labute approximate surface area is 209 Å². The standard InChI is InChI=1S/C25H31N5O4S/c1-4-33-20-10-11-22(34-5-2)21(16-20)26-23(31)17-35-25-28-27-24(29-12-14-32-15-13-29)30(25)19-8-6-18(3)7-9-19/h6-11,16H,4-5,12-15,17H2,1-3H3,(H,26,31). The predicted octanol–water partition coefficient (Wildman–Crippen LogP) is 3.94. The van der Waals surface area contributed by atoms with Gasteiger partial charge in [0.1, 0.15) is 11.5 Å². The van der Waals surface area contributed by atoms with Gasteiger partial charge in [-0.15, -0.1) is 10.2 Å². The molecule has 0 aliphatic carbocycles. The van der Waals surface area contributed by atoms with E-state index in [1.165, 1.54) is 17.3 Å². The van der Waals surface area contributed by atoms with Gasteiger partial charge >= 0.3 is 0 Å². The van der Waals surface area contributed by atoms with Gasteiger partial charge in [-0.1, -0.05) is 29.5 Å². The third-order valence-corrected chi connectivity index (χ3v) is 6.30. The van der Waals surface area contributed by atoms with Crippen molar-refractivity contribution in [1.82, 2.24) is 14.8 Å². The first-order valence-corrected chi connectivity index (χ1v) is 12.7. The van der Waals surface area contributed by atoms with Gasteiger partial charge in [-0.05, 0) is 45.0 Å². The highest BCUT2D eigenvalue weighted by molar-refractivity contribution is 7.99. The fourth-order valence-electron chi connectivity index (χ4n) is 3.70. The highest BCUT2D eigenvalue weighted by Gasteiger charge is 2.22. The lowest BCUT2D eigenvalue weighted by molar-refractivity contribution is -0.113. The Balaban J connectivity index is 1.52. The van der Waals surface area contributed by atoms with Crippen molar-refractivity contribution in [2.75, 3.05) is 55.5 Å². The number of carbonyl (C=O) groups excluding carboxylic acids is 1. The summed E-state index contributed by atoms with van der Waals surface area (Å²) < 4.78 is 18.8. The van der Waals surface area contributed by atoms with E-state index in [1.807, 2.05) is 36.6 Å². The molecule has 1 aromatic heterocycles. The summed E-state index contributed by atoms with van der Waals surface area (Å²) in [6.07, 6.45) is 0. The van der Waals surface area contributed by atoms with E-state index in [0.717, 1.165) is 24.7 Å². The van der Waals surface area contributed by atoms with Crippen LogP contribution in [0.2, 0.25) is 0 Å². The van der Waals surface area contributed by atoms with Crippen LogP contribution in [0.5, 0.6) is 11.5 Å². The number of morpholine rings is 1. The minimum atomic E-state index is -0.170. The summed E-state index contributed by atoms with van der Waals surface area (Å²) >= 11 is 1.34. The lowest BCUT2D eigenvalue weighted by Gasteiger charge is -2.28. The molecule has 0 atom stereocenters.